The van der Waals surface area contributed by atoms with Crippen LogP contribution in [0.5, 0.6) is 11.5 Å². The third-order valence-electron chi connectivity index (χ3n) is 5.70. The van der Waals surface area contributed by atoms with Gasteiger partial charge in [-0.3, -0.25) is 19.8 Å². The first-order valence-corrected chi connectivity index (χ1v) is 14.5. The lowest BCUT2D eigenvalue weighted by Crippen LogP contribution is -2.54. The molecule has 0 saturated carbocycles. The number of thiocarbonyl (C=S) groups is 1. The van der Waals surface area contributed by atoms with Crippen LogP contribution in [0.15, 0.2) is 102 Å². The molecule has 2 amide bonds. The molecular formula is C29H18N2O3S4. The number of carbonyl (C=O) groups is 2. The molecule has 1 aliphatic rings. The van der Waals surface area contributed by atoms with Gasteiger partial charge in [-0.2, -0.15) is 0 Å². The molecule has 1 N–H and O–H groups in total. The number of amides is 2. The third kappa shape index (κ3) is 4.97. The van der Waals surface area contributed by atoms with Crippen molar-refractivity contribution in [2.24, 2.45) is 0 Å². The van der Waals surface area contributed by atoms with Gasteiger partial charge in [-0.05, 0) is 90.4 Å². The average molecular weight is 571 g/mol. The molecule has 3 aromatic heterocycles. The fourth-order valence-corrected chi connectivity index (χ4v) is 7.07. The highest BCUT2D eigenvalue weighted by Gasteiger charge is 2.34. The molecule has 0 spiro atoms. The highest BCUT2D eigenvalue weighted by Crippen LogP contribution is 2.39. The molecule has 186 valence electrons. The smallest absolute Gasteiger partial charge is 0.270 e. The molecule has 9 heteroatoms. The minimum absolute atomic E-state index is 0.0297. The van der Waals surface area contributed by atoms with Crippen LogP contribution < -0.4 is 15.0 Å². The number of thiophene rings is 3. The summed E-state index contributed by atoms with van der Waals surface area (Å²) < 4.78 is 5.84. The second-order valence-corrected chi connectivity index (χ2v) is 11.7. The van der Waals surface area contributed by atoms with E-state index in [1.54, 1.807) is 53.0 Å². The Balaban J connectivity index is 1.23. The lowest BCUT2D eigenvalue weighted by Gasteiger charge is -2.28. The van der Waals surface area contributed by atoms with Gasteiger partial charge in [-0.25, -0.2) is 0 Å². The van der Waals surface area contributed by atoms with Crippen LogP contribution in [0.3, 0.4) is 0 Å². The zero-order valence-corrected chi connectivity index (χ0v) is 22.9. The third-order valence-corrected chi connectivity index (χ3v) is 9.37. The average Bonchev–Trinajstić information content (AvgIpc) is 3.70. The van der Waals surface area contributed by atoms with E-state index in [1.807, 2.05) is 48.5 Å². The van der Waals surface area contributed by atoms with Gasteiger partial charge in [0.05, 0.1) is 5.69 Å². The predicted molar refractivity (Wildman–Crippen MR) is 160 cm³/mol. The second kappa shape index (κ2) is 10.5. The van der Waals surface area contributed by atoms with Crippen molar-refractivity contribution in [1.29, 1.82) is 0 Å². The van der Waals surface area contributed by atoms with E-state index < -0.39 is 11.8 Å². The molecule has 5 aromatic rings. The van der Waals surface area contributed by atoms with Crippen molar-refractivity contribution in [3.63, 3.8) is 0 Å². The molecular weight excluding hydrogens is 553 g/mol. The number of rotatable bonds is 6. The van der Waals surface area contributed by atoms with Gasteiger partial charge in [0.1, 0.15) is 17.1 Å². The van der Waals surface area contributed by atoms with E-state index in [2.05, 4.69) is 28.9 Å². The molecule has 0 aliphatic carbocycles. The number of nitrogens with zero attached hydrogens (tertiary/aromatic N) is 1. The van der Waals surface area contributed by atoms with Crippen molar-refractivity contribution < 1.29 is 14.3 Å². The van der Waals surface area contributed by atoms with Crippen molar-refractivity contribution in [2.45, 2.75) is 0 Å². The molecule has 0 bridgehead atoms. The Morgan fingerprint density at radius 3 is 2.16 bits per heavy atom. The lowest BCUT2D eigenvalue weighted by molar-refractivity contribution is -0.122. The Morgan fingerprint density at radius 2 is 1.42 bits per heavy atom. The predicted octanol–water partition coefficient (Wildman–Crippen LogP) is 7.83. The molecule has 1 aliphatic heterocycles. The van der Waals surface area contributed by atoms with Crippen LogP contribution in [0.1, 0.15) is 4.88 Å². The zero-order valence-electron chi connectivity index (χ0n) is 19.6. The van der Waals surface area contributed by atoms with Gasteiger partial charge in [0, 0.05) is 24.4 Å². The van der Waals surface area contributed by atoms with Crippen molar-refractivity contribution in [3.8, 4) is 31.0 Å². The molecule has 1 saturated heterocycles. The SMILES string of the molecule is O=C1NC(=S)N(c2ccc(Oc3ccccc3)cc2)C(=O)C1=Cc1ccc(-c2ccc(-c3cccs3)s2)s1. The molecule has 4 heterocycles. The van der Waals surface area contributed by atoms with Gasteiger partial charge >= 0.3 is 0 Å². The summed E-state index contributed by atoms with van der Waals surface area (Å²) in [6, 6.07) is 28.7. The Morgan fingerprint density at radius 1 is 0.737 bits per heavy atom. The normalized spacial score (nSPS) is 14.7. The standard InChI is InChI=1S/C29H18N2O3S4/c32-27-22(17-21-12-13-25(37-21)26-15-14-24(38-26)23-7-4-16-36-23)28(33)31(29(35)30-27)18-8-10-20(11-9-18)34-19-5-2-1-3-6-19/h1-17H,(H,30,32,35). The van der Waals surface area contributed by atoms with Crippen LogP contribution in [0, 0.1) is 0 Å². The van der Waals surface area contributed by atoms with E-state index in [1.165, 1.54) is 26.0 Å². The van der Waals surface area contributed by atoms with Crippen molar-refractivity contribution in [3.05, 3.63) is 107 Å². The van der Waals surface area contributed by atoms with E-state index in [9.17, 15) is 9.59 Å². The first-order chi connectivity index (χ1) is 18.5. The van der Waals surface area contributed by atoms with E-state index in [0.29, 0.717) is 17.2 Å². The van der Waals surface area contributed by atoms with E-state index in [4.69, 9.17) is 17.0 Å². The summed E-state index contributed by atoms with van der Waals surface area (Å²) in [7, 11) is 0. The first kappa shape index (κ1) is 24.4. The Kier molecular flexibility index (Phi) is 6.73. The van der Waals surface area contributed by atoms with Crippen LogP contribution >= 0.6 is 46.2 Å². The van der Waals surface area contributed by atoms with E-state index in [-0.39, 0.29) is 10.7 Å². The van der Waals surface area contributed by atoms with Gasteiger partial charge in [-0.1, -0.05) is 24.3 Å². The van der Waals surface area contributed by atoms with E-state index in [0.717, 1.165) is 14.6 Å². The summed E-state index contributed by atoms with van der Waals surface area (Å²) in [5.41, 5.74) is 0.569. The van der Waals surface area contributed by atoms with Crippen LogP contribution in [0.2, 0.25) is 0 Å². The number of ether oxygens (including phenoxy) is 1. The number of benzene rings is 2. The summed E-state index contributed by atoms with van der Waals surface area (Å²) >= 11 is 10.3. The number of hydrogen-bond acceptors (Lipinski definition) is 7. The highest BCUT2D eigenvalue weighted by molar-refractivity contribution is 7.80. The molecule has 38 heavy (non-hydrogen) atoms. The number of nitrogens with one attached hydrogen (secondary N) is 1. The number of para-hydroxylation sites is 1. The molecule has 0 atom stereocenters. The molecule has 5 nitrogen and oxygen atoms in total. The Labute approximate surface area is 236 Å². The maximum absolute atomic E-state index is 13.4. The van der Waals surface area contributed by atoms with Crippen molar-refractivity contribution in [1.82, 2.24) is 5.32 Å². The number of anilines is 1. The number of hydrogen-bond donors (Lipinski definition) is 1. The van der Waals surface area contributed by atoms with Crippen LogP contribution in [0.4, 0.5) is 5.69 Å². The first-order valence-electron chi connectivity index (χ1n) is 11.5. The van der Waals surface area contributed by atoms with E-state index >= 15 is 0 Å². The molecule has 0 radical (unpaired) electrons. The summed E-state index contributed by atoms with van der Waals surface area (Å²) in [5, 5.41) is 4.76. The summed E-state index contributed by atoms with van der Waals surface area (Å²) in [4.78, 5) is 33.0. The van der Waals surface area contributed by atoms with Crippen LogP contribution in [-0.4, -0.2) is 16.9 Å². The summed E-state index contributed by atoms with van der Waals surface area (Å²) in [6.07, 6.45) is 1.63. The van der Waals surface area contributed by atoms with Crippen LogP contribution in [0.25, 0.3) is 25.6 Å². The topological polar surface area (TPSA) is 58.6 Å². The minimum atomic E-state index is -0.508. The second-order valence-electron chi connectivity index (χ2n) is 8.21. The Bertz CT molecular complexity index is 1670. The summed E-state index contributed by atoms with van der Waals surface area (Å²) in [6.45, 7) is 0. The van der Waals surface area contributed by atoms with Gasteiger partial charge in [0.25, 0.3) is 11.8 Å². The van der Waals surface area contributed by atoms with Gasteiger partial charge in [0.15, 0.2) is 5.11 Å². The highest BCUT2D eigenvalue weighted by atomic mass is 32.1. The van der Waals surface area contributed by atoms with Gasteiger partial charge in [0.2, 0.25) is 0 Å². The fraction of sp³-hybridized carbons (Fsp3) is 0. The van der Waals surface area contributed by atoms with Gasteiger partial charge in [-0.15, -0.1) is 34.0 Å². The lowest BCUT2D eigenvalue weighted by atomic mass is 10.1. The molecule has 0 unspecified atom stereocenters. The Hall–Kier alpha value is -3.89. The molecule has 1 fully saturated rings. The molecule has 2 aromatic carbocycles. The monoisotopic (exact) mass is 570 g/mol. The molecule has 6 rings (SSSR count). The van der Waals surface area contributed by atoms with Crippen molar-refractivity contribution >= 4 is 74.9 Å². The fourth-order valence-electron chi connectivity index (χ4n) is 3.91. The van der Waals surface area contributed by atoms with Crippen molar-refractivity contribution in [2.75, 3.05) is 4.90 Å². The van der Waals surface area contributed by atoms with Gasteiger partial charge < -0.3 is 4.74 Å². The quantitative estimate of drug-likeness (QED) is 0.128. The minimum Gasteiger partial charge on any atom is -0.457 e. The zero-order chi connectivity index (χ0) is 26.1. The largest absolute Gasteiger partial charge is 0.457 e. The number of carbonyl (C=O) groups excluding carboxylic acids is 2. The maximum atomic E-state index is 13.4. The summed E-state index contributed by atoms with van der Waals surface area (Å²) in [5.74, 6) is 0.354. The maximum Gasteiger partial charge on any atom is 0.270 e. The van der Waals surface area contributed by atoms with Crippen LogP contribution in [-0.2, 0) is 9.59 Å².